The first-order valence-corrected chi connectivity index (χ1v) is 9.01. The minimum Gasteiger partial charge on any atom is -0.356 e. The lowest BCUT2D eigenvalue weighted by Gasteiger charge is -2.05. The van der Waals surface area contributed by atoms with Crippen LogP contribution in [0.2, 0.25) is 0 Å². The highest BCUT2D eigenvalue weighted by Gasteiger charge is 2.32. The van der Waals surface area contributed by atoms with E-state index in [4.69, 9.17) is 0 Å². The predicted octanol–water partition coefficient (Wildman–Crippen LogP) is 1.48. The monoisotopic (exact) mass is 375 g/mol. The first-order chi connectivity index (χ1) is 12.4. The summed E-state index contributed by atoms with van der Waals surface area (Å²) >= 11 is 1.19. The Bertz CT molecular complexity index is 775. The Balaban J connectivity index is 2.05. The summed E-state index contributed by atoms with van der Waals surface area (Å²) in [5.41, 5.74) is 2.10. The summed E-state index contributed by atoms with van der Waals surface area (Å²) in [6.45, 7) is 5.58. The molecule has 3 N–H and O–H groups in total. The summed E-state index contributed by atoms with van der Waals surface area (Å²) in [7, 11) is 0. The van der Waals surface area contributed by atoms with Crippen LogP contribution in [0.5, 0.6) is 0 Å². The summed E-state index contributed by atoms with van der Waals surface area (Å²) in [4.78, 5) is 34.7. The second kappa shape index (κ2) is 9.14. The molecule has 1 saturated heterocycles. The number of benzene rings is 1. The number of thioether (sulfide) groups is 1. The molecular formula is C17H21N5O3S. The highest BCUT2D eigenvalue weighted by molar-refractivity contribution is 8.15. The third-order valence-electron chi connectivity index (χ3n) is 3.41. The van der Waals surface area contributed by atoms with E-state index in [1.54, 1.807) is 25.1 Å². The van der Waals surface area contributed by atoms with Crippen molar-refractivity contribution in [1.82, 2.24) is 10.6 Å². The van der Waals surface area contributed by atoms with Crippen LogP contribution in [0.1, 0.15) is 32.8 Å². The van der Waals surface area contributed by atoms with Gasteiger partial charge in [-0.15, -0.1) is 5.10 Å². The van der Waals surface area contributed by atoms with Crippen LogP contribution in [0.15, 0.2) is 34.5 Å². The van der Waals surface area contributed by atoms with E-state index in [2.05, 4.69) is 26.2 Å². The number of nitrogens with one attached hydrogen (secondary N) is 3. The number of amidine groups is 1. The topological polar surface area (TPSA) is 112 Å². The standard InChI is InChI=1S/C17H21N5O3S/c1-4-18-15(24)9-14-16(25)20-17(26-14)22-21-10(2)12-6-5-7-13(8-12)19-11(3)23/h5-8,14H,4,9H2,1-3H3,(H,18,24)(H,19,23)(H,20,22,25). The van der Waals surface area contributed by atoms with Crippen LogP contribution >= 0.6 is 11.8 Å². The summed E-state index contributed by atoms with van der Waals surface area (Å²) < 4.78 is 0. The Labute approximate surface area is 155 Å². The first-order valence-electron chi connectivity index (χ1n) is 8.13. The summed E-state index contributed by atoms with van der Waals surface area (Å²) in [5, 5.41) is 16.1. The van der Waals surface area contributed by atoms with Gasteiger partial charge < -0.3 is 16.0 Å². The molecule has 0 aromatic heterocycles. The van der Waals surface area contributed by atoms with Gasteiger partial charge in [0.15, 0.2) is 5.17 Å². The van der Waals surface area contributed by atoms with E-state index in [1.165, 1.54) is 18.7 Å². The Hall–Kier alpha value is -2.68. The summed E-state index contributed by atoms with van der Waals surface area (Å²) in [6, 6.07) is 7.23. The van der Waals surface area contributed by atoms with E-state index in [-0.39, 0.29) is 24.1 Å². The zero-order valence-corrected chi connectivity index (χ0v) is 15.6. The highest BCUT2D eigenvalue weighted by atomic mass is 32.2. The Morgan fingerprint density at radius 3 is 2.77 bits per heavy atom. The van der Waals surface area contributed by atoms with Gasteiger partial charge in [0.2, 0.25) is 17.7 Å². The maximum atomic E-state index is 11.9. The zero-order valence-electron chi connectivity index (χ0n) is 14.8. The van der Waals surface area contributed by atoms with Gasteiger partial charge in [-0.1, -0.05) is 23.9 Å². The molecule has 0 radical (unpaired) electrons. The normalized spacial score (nSPS) is 18.6. The molecule has 0 saturated carbocycles. The minimum absolute atomic E-state index is 0.102. The van der Waals surface area contributed by atoms with Crippen molar-refractivity contribution in [3.63, 3.8) is 0 Å². The van der Waals surface area contributed by atoms with Crippen LogP contribution in [0.25, 0.3) is 0 Å². The third kappa shape index (κ3) is 5.69. The molecule has 1 aromatic rings. The van der Waals surface area contributed by atoms with Gasteiger partial charge in [0.1, 0.15) is 5.25 Å². The number of anilines is 1. The largest absolute Gasteiger partial charge is 0.356 e. The number of carbonyl (C=O) groups excluding carboxylic acids is 3. The maximum absolute atomic E-state index is 11.9. The van der Waals surface area contributed by atoms with Crippen LogP contribution in [0.4, 0.5) is 5.69 Å². The highest BCUT2D eigenvalue weighted by Crippen LogP contribution is 2.22. The molecule has 1 aliphatic heterocycles. The van der Waals surface area contributed by atoms with Crippen molar-refractivity contribution >= 4 is 46.1 Å². The Morgan fingerprint density at radius 1 is 1.31 bits per heavy atom. The molecule has 9 heteroatoms. The van der Waals surface area contributed by atoms with E-state index in [1.807, 2.05) is 13.0 Å². The van der Waals surface area contributed by atoms with Gasteiger partial charge in [0, 0.05) is 25.6 Å². The molecule has 1 heterocycles. The lowest BCUT2D eigenvalue weighted by molar-refractivity contribution is -0.125. The van der Waals surface area contributed by atoms with Crippen LogP contribution in [-0.2, 0) is 14.4 Å². The number of rotatable bonds is 6. The van der Waals surface area contributed by atoms with Crippen molar-refractivity contribution in [1.29, 1.82) is 0 Å². The van der Waals surface area contributed by atoms with E-state index in [0.29, 0.717) is 23.1 Å². The van der Waals surface area contributed by atoms with Crippen molar-refractivity contribution in [3.8, 4) is 0 Å². The number of hydrogen-bond acceptors (Lipinski definition) is 6. The zero-order chi connectivity index (χ0) is 19.1. The molecule has 26 heavy (non-hydrogen) atoms. The van der Waals surface area contributed by atoms with Crippen LogP contribution in [-0.4, -0.2) is 40.4 Å². The molecule has 1 atom stereocenters. The molecule has 2 rings (SSSR count). The number of nitrogens with zero attached hydrogens (tertiary/aromatic N) is 2. The second-order valence-corrected chi connectivity index (χ2v) is 6.80. The van der Waals surface area contributed by atoms with Crippen LogP contribution < -0.4 is 16.0 Å². The van der Waals surface area contributed by atoms with Crippen LogP contribution in [0, 0.1) is 0 Å². The molecule has 8 nitrogen and oxygen atoms in total. The maximum Gasteiger partial charge on any atom is 0.240 e. The molecule has 0 aliphatic carbocycles. The predicted molar refractivity (Wildman–Crippen MR) is 103 cm³/mol. The molecule has 0 spiro atoms. The second-order valence-electron chi connectivity index (χ2n) is 5.61. The third-order valence-corrected chi connectivity index (χ3v) is 4.48. The van der Waals surface area contributed by atoms with E-state index >= 15 is 0 Å². The summed E-state index contributed by atoms with van der Waals surface area (Å²) in [6.07, 6.45) is 0.102. The summed E-state index contributed by atoms with van der Waals surface area (Å²) in [5.74, 6) is -0.573. The van der Waals surface area contributed by atoms with Gasteiger partial charge in [-0.3, -0.25) is 14.4 Å². The molecule has 1 aliphatic rings. The fraction of sp³-hybridized carbons (Fsp3) is 0.353. The molecule has 3 amide bonds. The van der Waals surface area contributed by atoms with E-state index in [0.717, 1.165) is 5.56 Å². The van der Waals surface area contributed by atoms with Crippen molar-refractivity contribution in [3.05, 3.63) is 29.8 Å². The van der Waals surface area contributed by atoms with Gasteiger partial charge in [-0.2, -0.15) is 5.10 Å². The van der Waals surface area contributed by atoms with Gasteiger partial charge >= 0.3 is 0 Å². The fourth-order valence-corrected chi connectivity index (χ4v) is 3.15. The average Bonchev–Trinajstić information content (AvgIpc) is 2.92. The fourth-order valence-electron chi connectivity index (χ4n) is 2.23. The lowest BCUT2D eigenvalue weighted by Crippen LogP contribution is -2.31. The SMILES string of the molecule is CCNC(=O)CC1SC(=NN=C(C)c2cccc(NC(C)=O)c2)NC1=O. The average molecular weight is 375 g/mol. The molecule has 1 fully saturated rings. The molecule has 0 bridgehead atoms. The van der Waals surface area contributed by atoms with Gasteiger partial charge in [0.05, 0.1) is 5.71 Å². The molecule has 1 aromatic carbocycles. The van der Waals surface area contributed by atoms with Crippen molar-refractivity contribution < 1.29 is 14.4 Å². The Kier molecular flexibility index (Phi) is 6.90. The number of amides is 3. The lowest BCUT2D eigenvalue weighted by atomic mass is 10.1. The van der Waals surface area contributed by atoms with Crippen molar-refractivity contribution in [2.24, 2.45) is 10.2 Å². The first kappa shape index (κ1) is 19.6. The van der Waals surface area contributed by atoms with E-state index < -0.39 is 5.25 Å². The van der Waals surface area contributed by atoms with E-state index in [9.17, 15) is 14.4 Å². The smallest absolute Gasteiger partial charge is 0.240 e. The minimum atomic E-state index is -0.501. The van der Waals surface area contributed by atoms with Gasteiger partial charge in [-0.05, 0) is 31.5 Å². The number of hydrogen-bond donors (Lipinski definition) is 3. The molecule has 138 valence electrons. The van der Waals surface area contributed by atoms with Gasteiger partial charge in [0.25, 0.3) is 0 Å². The molecular weight excluding hydrogens is 354 g/mol. The number of carbonyl (C=O) groups is 3. The Morgan fingerprint density at radius 2 is 2.08 bits per heavy atom. The van der Waals surface area contributed by atoms with Crippen LogP contribution in [0.3, 0.4) is 0 Å². The van der Waals surface area contributed by atoms with Crippen molar-refractivity contribution in [2.45, 2.75) is 32.4 Å². The van der Waals surface area contributed by atoms with Crippen molar-refractivity contribution in [2.75, 3.05) is 11.9 Å². The molecule has 1 unspecified atom stereocenters. The van der Waals surface area contributed by atoms with Gasteiger partial charge in [-0.25, -0.2) is 0 Å². The quantitative estimate of drug-likeness (QED) is 0.516.